The van der Waals surface area contributed by atoms with E-state index in [0.717, 1.165) is 47.8 Å². The fourth-order valence-corrected chi connectivity index (χ4v) is 3.03. The predicted molar refractivity (Wildman–Crippen MR) is 94.2 cm³/mol. The monoisotopic (exact) mass is 344 g/mol. The molecule has 1 aromatic carbocycles. The van der Waals surface area contributed by atoms with E-state index in [-0.39, 0.29) is 5.91 Å². The zero-order valence-corrected chi connectivity index (χ0v) is 14.9. The molecule has 0 aliphatic carbocycles. The average Bonchev–Trinajstić information content (AvgIpc) is 3.05. The number of aromatic nitrogens is 2. The molecule has 0 radical (unpaired) electrons. The number of nitrogens with one attached hydrogen (secondary N) is 2. The Kier molecular flexibility index (Phi) is 5.23. The van der Waals surface area contributed by atoms with Gasteiger partial charge < -0.3 is 14.8 Å². The van der Waals surface area contributed by atoms with E-state index in [9.17, 15) is 4.79 Å². The summed E-state index contributed by atoms with van der Waals surface area (Å²) in [5.41, 5.74) is 3.66. The summed E-state index contributed by atoms with van der Waals surface area (Å²) in [5, 5.41) is 9.76. The summed E-state index contributed by atoms with van der Waals surface area (Å²) in [5.74, 6) is 1.35. The van der Waals surface area contributed by atoms with Crippen LogP contribution in [0.1, 0.15) is 27.3 Å². The minimum atomic E-state index is -0.153. The number of benzene rings is 1. The normalized spacial score (nSPS) is 14.0. The number of nitrogens with zero attached hydrogens (tertiary/aromatic N) is 2. The lowest BCUT2D eigenvalue weighted by molar-refractivity contribution is 0.0955. The van der Waals surface area contributed by atoms with Crippen molar-refractivity contribution in [1.29, 1.82) is 0 Å². The Hall–Kier alpha value is -2.54. The van der Waals surface area contributed by atoms with Crippen LogP contribution >= 0.6 is 0 Å². The number of hydrogen-bond acceptors (Lipinski definition) is 5. The highest BCUT2D eigenvalue weighted by Gasteiger charge is 2.24. The predicted octanol–water partition coefficient (Wildman–Crippen LogP) is 1.52. The maximum absolute atomic E-state index is 11.9. The molecule has 0 fully saturated rings. The molecule has 2 aromatic rings. The van der Waals surface area contributed by atoms with Gasteiger partial charge in [-0.05, 0) is 24.6 Å². The lowest BCUT2D eigenvalue weighted by atomic mass is 10.1. The van der Waals surface area contributed by atoms with Crippen LogP contribution < -0.4 is 14.8 Å². The first-order valence-electron chi connectivity index (χ1n) is 8.40. The van der Waals surface area contributed by atoms with Crippen LogP contribution in [0.4, 0.5) is 0 Å². The lowest BCUT2D eigenvalue weighted by Crippen LogP contribution is -2.34. The highest BCUT2D eigenvalue weighted by molar-refractivity contribution is 5.93. The minimum absolute atomic E-state index is 0.153. The number of methoxy groups -OCH3 is 1. The van der Waals surface area contributed by atoms with Crippen molar-refractivity contribution < 1.29 is 14.3 Å². The second-order valence-electron chi connectivity index (χ2n) is 6.14. The van der Waals surface area contributed by atoms with Crippen LogP contribution in [0.15, 0.2) is 18.2 Å². The molecule has 0 unspecified atom stereocenters. The van der Waals surface area contributed by atoms with Crippen LogP contribution in [-0.2, 0) is 13.0 Å². The maximum Gasteiger partial charge on any atom is 0.271 e. The Labute approximate surface area is 147 Å². The average molecular weight is 344 g/mol. The van der Waals surface area contributed by atoms with Gasteiger partial charge in [0.15, 0.2) is 17.2 Å². The van der Waals surface area contributed by atoms with Crippen molar-refractivity contribution >= 4 is 5.91 Å². The molecule has 2 N–H and O–H groups in total. The number of rotatable bonds is 6. The molecular formula is C18H24N4O3. The Bertz CT molecular complexity index is 757. The fraction of sp³-hybridized carbons (Fsp3) is 0.444. The van der Waals surface area contributed by atoms with Crippen LogP contribution in [0.5, 0.6) is 11.5 Å². The number of ether oxygens (including phenoxy) is 2. The highest BCUT2D eigenvalue weighted by Crippen LogP contribution is 2.28. The molecule has 1 aromatic heterocycles. The largest absolute Gasteiger partial charge is 0.493 e. The van der Waals surface area contributed by atoms with Gasteiger partial charge in [0.25, 0.3) is 5.91 Å². The molecule has 0 saturated heterocycles. The second-order valence-corrected chi connectivity index (χ2v) is 6.14. The van der Waals surface area contributed by atoms with Gasteiger partial charge in [0.1, 0.15) is 6.61 Å². The Morgan fingerprint density at radius 1 is 1.40 bits per heavy atom. The molecule has 25 heavy (non-hydrogen) atoms. The van der Waals surface area contributed by atoms with Gasteiger partial charge in [-0.25, -0.2) is 0 Å². The van der Waals surface area contributed by atoms with Crippen LogP contribution in [-0.4, -0.2) is 54.9 Å². The van der Waals surface area contributed by atoms with E-state index in [1.807, 2.05) is 25.1 Å². The number of hydrogen-bond donors (Lipinski definition) is 2. The third kappa shape index (κ3) is 3.76. The maximum atomic E-state index is 11.9. The standard InChI is InChI=1S/C18H24N4O3/c1-12-4-5-15(16(10-12)24-3)25-9-8-22-7-6-14-13(11-22)17(21-20-14)18(23)19-2/h4-5,10H,6-9,11H2,1-3H3,(H,19,23)(H,20,21). The van der Waals surface area contributed by atoms with Gasteiger partial charge in [-0.15, -0.1) is 0 Å². The van der Waals surface area contributed by atoms with Crippen LogP contribution in [0.25, 0.3) is 0 Å². The van der Waals surface area contributed by atoms with Crippen molar-refractivity contribution in [2.24, 2.45) is 0 Å². The number of H-pyrrole nitrogens is 1. The Balaban J connectivity index is 1.59. The molecular weight excluding hydrogens is 320 g/mol. The molecule has 7 heteroatoms. The molecule has 7 nitrogen and oxygen atoms in total. The summed E-state index contributed by atoms with van der Waals surface area (Å²) >= 11 is 0. The summed E-state index contributed by atoms with van der Waals surface area (Å²) in [6.45, 7) is 4.96. The number of fused-ring (bicyclic) bond motifs is 1. The zero-order valence-electron chi connectivity index (χ0n) is 14.9. The Morgan fingerprint density at radius 3 is 3.00 bits per heavy atom. The minimum Gasteiger partial charge on any atom is -0.493 e. The Morgan fingerprint density at radius 2 is 2.24 bits per heavy atom. The number of aryl methyl sites for hydroxylation is 1. The molecule has 1 aliphatic rings. The van der Waals surface area contributed by atoms with Gasteiger partial charge >= 0.3 is 0 Å². The lowest BCUT2D eigenvalue weighted by Gasteiger charge is -2.26. The van der Waals surface area contributed by atoms with E-state index < -0.39 is 0 Å². The summed E-state index contributed by atoms with van der Waals surface area (Å²) in [6.07, 6.45) is 0.854. The topological polar surface area (TPSA) is 79.5 Å². The molecule has 0 saturated carbocycles. The SMILES string of the molecule is CNC(=O)c1n[nH]c2c1CN(CCOc1ccc(C)cc1OC)CC2. The van der Waals surface area contributed by atoms with Crippen LogP contribution in [0, 0.1) is 6.92 Å². The third-order valence-electron chi connectivity index (χ3n) is 4.44. The first-order chi connectivity index (χ1) is 12.1. The molecule has 3 rings (SSSR count). The highest BCUT2D eigenvalue weighted by atomic mass is 16.5. The summed E-state index contributed by atoms with van der Waals surface area (Å²) in [7, 11) is 3.26. The fourth-order valence-electron chi connectivity index (χ4n) is 3.03. The van der Waals surface area contributed by atoms with E-state index >= 15 is 0 Å². The van der Waals surface area contributed by atoms with Crippen molar-refractivity contribution in [3.8, 4) is 11.5 Å². The number of amides is 1. The van der Waals surface area contributed by atoms with E-state index in [2.05, 4.69) is 20.4 Å². The van der Waals surface area contributed by atoms with Gasteiger partial charge in [-0.1, -0.05) is 6.07 Å². The molecule has 0 bridgehead atoms. The summed E-state index contributed by atoms with van der Waals surface area (Å²) < 4.78 is 11.2. The van der Waals surface area contributed by atoms with Crippen molar-refractivity contribution in [3.63, 3.8) is 0 Å². The summed E-state index contributed by atoms with van der Waals surface area (Å²) in [4.78, 5) is 14.2. The molecule has 0 spiro atoms. The zero-order chi connectivity index (χ0) is 17.8. The number of carbonyl (C=O) groups is 1. The van der Waals surface area contributed by atoms with Crippen molar-refractivity contribution in [1.82, 2.24) is 20.4 Å². The number of aromatic amines is 1. The molecule has 1 aliphatic heterocycles. The van der Waals surface area contributed by atoms with Gasteiger partial charge in [0.05, 0.1) is 7.11 Å². The van der Waals surface area contributed by atoms with Crippen LogP contribution in [0.2, 0.25) is 0 Å². The van der Waals surface area contributed by atoms with Crippen molar-refractivity contribution in [2.75, 3.05) is 33.9 Å². The van der Waals surface area contributed by atoms with Gasteiger partial charge in [-0.3, -0.25) is 14.8 Å². The second kappa shape index (κ2) is 7.57. The number of carbonyl (C=O) groups excluding carboxylic acids is 1. The van der Waals surface area contributed by atoms with Crippen molar-refractivity contribution in [3.05, 3.63) is 40.7 Å². The molecule has 134 valence electrons. The van der Waals surface area contributed by atoms with E-state index in [1.54, 1.807) is 14.2 Å². The summed E-state index contributed by atoms with van der Waals surface area (Å²) in [6, 6.07) is 5.90. The van der Waals surface area contributed by atoms with E-state index in [1.165, 1.54) is 0 Å². The first-order valence-corrected chi connectivity index (χ1v) is 8.40. The molecule has 0 atom stereocenters. The molecule has 2 heterocycles. The third-order valence-corrected chi connectivity index (χ3v) is 4.44. The smallest absolute Gasteiger partial charge is 0.271 e. The van der Waals surface area contributed by atoms with Crippen LogP contribution in [0.3, 0.4) is 0 Å². The quantitative estimate of drug-likeness (QED) is 0.831. The molecule has 1 amide bonds. The van der Waals surface area contributed by atoms with E-state index in [4.69, 9.17) is 9.47 Å². The van der Waals surface area contributed by atoms with Gasteiger partial charge in [0.2, 0.25) is 0 Å². The van der Waals surface area contributed by atoms with E-state index in [0.29, 0.717) is 18.8 Å². The van der Waals surface area contributed by atoms with Gasteiger partial charge in [0, 0.05) is 44.4 Å². The van der Waals surface area contributed by atoms with Gasteiger partial charge in [-0.2, -0.15) is 5.10 Å². The van der Waals surface area contributed by atoms with Crippen molar-refractivity contribution in [2.45, 2.75) is 19.9 Å². The first kappa shape index (κ1) is 17.3.